The molecule has 0 N–H and O–H groups in total. The van der Waals surface area contributed by atoms with Crippen molar-refractivity contribution in [3.05, 3.63) is 69.8 Å². The number of nitrogens with zero attached hydrogens (tertiary/aromatic N) is 1. The Hall–Kier alpha value is -2.09. The van der Waals surface area contributed by atoms with Gasteiger partial charge in [0.05, 0.1) is 24.8 Å². The maximum Gasteiger partial charge on any atom is 0.243 e. The van der Waals surface area contributed by atoms with Crippen LogP contribution in [0.15, 0.2) is 57.4 Å². The van der Waals surface area contributed by atoms with Crippen LogP contribution in [0.1, 0.15) is 21.8 Å². The number of furan rings is 1. The minimum atomic E-state index is -3.68. The van der Waals surface area contributed by atoms with E-state index >= 15 is 0 Å². The molecule has 0 fully saturated rings. The molecule has 27 heavy (non-hydrogen) atoms. The lowest BCUT2D eigenvalue weighted by molar-refractivity contribution is 0.366. The smallest absolute Gasteiger partial charge is 0.243 e. The first-order chi connectivity index (χ1) is 12.9. The van der Waals surface area contributed by atoms with Gasteiger partial charge in [0.2, 0.25) is 10.0 Å². The highest BCUT2D eigenvalue weighted by Gasteiger charge is 2.27. The summed E-state index contributed by atoms with van der Waals surface area (Å²) in [6, 6.07) is 10.9. The summed E-state index contributed by atoms with van der Waals surface area (Å²) >= 11 is 1.63. The fourth-order valence-electron chi connectivity index (χ4n) is 3.08. The van der Waals surface area contributed by atoms with Crippen LogP contribution >= 0.6 is 11.3 Å². The molecule has 0 aliphatic rings. The average Bonchev–Trinajstić information content (AvgIpc) is 3.32. The molecule has 7 heteroatoms. The largest absolute Gasteiger partial charge is 0.496 e. The van der Waals surface area contributed by atoms with Crippen LogP contribution in [0.25, 0.3) is 0 Å². The van der Waals surface area contributed by atoms with Crippen molar-refractivity contribution in [3.63, 3.8) is 0 Å². The standard InChI is InChI=1S/C20H23NO4S2/c1-15-12-19(13-16(2)20(15)24-3)27(22,23)21(14-17-6-4-10-25-17)9-8-18-7-5-11-26-18/h4-7,10-13H,8-9,14H2,1-3H3. The summed E-state index contributed by atoms with van der Waals surface area (Å²) in [6.45, 7) is 4.29. The van der Waals surface area contributed by atoms with Gasteiger partial charge in [0.1, 0.15) is 11.5 Å². The molecule has 0 unspecified atom stereocenters. The molecule has 0 bridgehead atoms. The zero-order valence-corrected chi connectivity index (χ0v) is 17.3. The third-order valence-electron chi connectivity index (χ3n) is 4.38. The van der Waals surface area contributed by atoms with E-state index in [0.717, 1.165) is 16.0 Å². The molecule has 0 amide bonds. The molecule has 5 nitrogen and oxygen atoms in total. The number of rotatable bonds is 8. The molecular formula is C20H23NO4S2. The second-order valence-corrected chi connectivity index (χ2v) is 9.31. The number of aryl methyl sites for hydroxylation is 2. The van der Waals surface area contributed by atoms with Crippen LogP contribution in [-0.4, -0.2) is 26.4 Å². The second-order valence-electron chi connectivity index (χ2n) is 6.34. The van der Waals surface area contributed by atoms with Gasteiger partial charge < -0.3 is 9.15 Å². The van der Waals surface area contributed by atoms with E-state index in [1.807, 2.05) is 31.4 Å². The molecule has 144 valence electrons. The molecule has 0 saturated heterocycles. The lowest BCUT2D eigenvalue weighted by Crippen LogP contribution is -2.32. The maximum absolute atomic E-state index is 13.4. The van der Waals surface area contributed by atoms with Crippen molar-refractivity contribution in [3.8, 4) is 5.75 Å². The summed E-state index contributed by atoms with van der Waals surface area (Å²) in [5, 5.41) is 2.00. The number of benzene rings is 1. The maximum atomic E-state index is 13.4. The van der Waals surface area contributed by atoms with Gasteiger partial charge in [0.25, 0.3) is 0 Å². The molecule has 0 spiro atoms. The van der Waals surface area contributed by atoms with E-state index in [-0.39, 0.29) is 11.4 Å². The van der Waals surface area contributed by atoms with Gasteiger partial charge in [-0.1, -0.05) is 6.07 Å². The molecule has 0 aliphatic heterocycles. The number of methoxy groups -OCH3 is 1. The molecule has 3 aromatic rings. The number of thiophene rings is 1. The molecule has 0 atom stereocenters. The van der Waals surface area contributed by atoms with Crippen LogP contribution in [0.3, 0.4) is 0 Å². The number of hydrogen-bond donors (Lipinski definition) is 0. The van der Waals surface area contributed by atoms with Gasteiger partial charge in [-0.05, 0) is 67.1 Å². The Balaban J connectivity index is 1.93. The van der Waals surface area contributed by atoms with E-state index in [0.29, 0.717) is 24.5 Å². The van der Waals surface area contributed by atoms with Crippen molar-refractivity contribution in [2.75, 3.05) is 13.7 Å². The number of hydrogen-bond acceptors (Lipinski definition) is 5. The zero-order valence-electron chi connectivity index (χ0n) is 15.6. The monoisotopic (exact) mass is 405 g/mol. The first kappa shape index (κ1) is 19.7. The normalized spacial score (nSPS) is 11.9. The molecule has 0 aliphatic carbocycles. The van der Waals surface area contributed by atoms with Crippen molar-refractivity contribution >= 4 is 21.4 Å². The highest BCUT2D eigenvalue weighted by molar-refractivity contribution is 7.89. The molecule has 2 aromatic heterocycles. The molecule has 2 heterocycles. The number of sulfonamides is 1. The van der Waals surface area contributed by atoms with Crippen molar-refractivity contribution in [2.24, 2.45) is 0 Å². The Labute approximate surface area is 164 Å². The van der Waals surface area contributed by atoms with Crippen molar-refractivity contribution < 1.29 is 17.6 Å². The molecule has 1 aromatic carbocycles. The predicted molar refractivity (Wildman–Crippen MR) is 107 cm³/mol. The van der Waals surface area contributed by atoms with Gasteiger partial charge >= 0.3 is 0 Å². The fraction of sp³-hybridized carbons (Fsp3) is 0.300. The SMILES string of the molecule is COc1c(C)cc(S(=O)(=O)N(CCc2cccs2)Cc2ccco2)cc1C. The summed E-state index contributed by atoms with van der Waals surface area (Å²) in [4.78, 5) is 1.42. The highest BCUT2D eigenvalue weighted by atomic mass is 32.2. The minimum absolute atomic E-state index is 0.199. The zero-order chi connectivity index (χ0) is 19.4. The van der Waals surface area contributed by atoms with E-state index in [1.165, 1.54) is 4.31 Å². The molecule has 0 saturated carbocycles. The Morgan fingerprint density at radius 3 is 2.44 bits per heavy atom. The van der Waals surface area contributed by atoms with Crippen LogP contribution in [-0.2, 0) is 23.0 Å². The van der Waals surface area contributed by atoms with Crippen LogP contribution in [0, 0.1) is 13.8 Å². The summed E-state index contributed by atoms with van der Waals surface area (Å²) in [7, 11) is -2.09. The fourth-order valence-corrected chi connectivity index (χ4v) is 5.36. The average molecular weight is 406 g/mol. The van der Waals surface area contributed by atoms with Crippen molar-refractivity contribution in [1.82, 2.24) is 4.31 Å². The Kier molecular flexibility index (Phi) is 6.04. The topological polar surface area (TPSA) is 59.8 Å². The van der Waals surface area contributed by atoms with Gasteiger partial charge in [-0.3, -0.25) is 0 Å². The summed E-state index contributed by atoms with van der Waals surface area (Å²) in [5.74, 6) is 1.33. The molecule has 3 rings (SSSR count). The lowest BCUT2D eigenvalue weighted by Gasteiger charge is -2.22. The summed E-state index contributed by atoms with van der Waals surface area (Å²) in [5.41, 5.74) is 1.60. The quantitative estimate of drug-likeness (QED) is 0.557. The minimum Gasteiger partial charge on any atom is -0.496 e. The number of ether oxygens (including phenoxy) is 1. The first-order valence-electron chi connectivity index (χ1n) is 8.62. The van der Waals surface area contributed by atoms with E-state index in [9.17, 15) is 8.42 Å². The Morgan fingerprint density at radius 2 is 1.89 bits per heavy atom. The van der Waals surface area contributed by atoms with E-state index < -0.39 is 10.0 Å². The lowest BCUT2D eigenvalue weighted by atomic mass is 10.1. The molecular weight excluding hydrogens is 382 g/mol. The predicted octanol–water partition coefficient (Wildman–Crippen LogP) is 4.40. The first-order valence-corrected chi connectivity index (χ1v) is 10.9. The third kappa shape index (κ3) is 4.43. The summed E-state index contributed by atoms with van der Waals surface area (Å²) < 4.78 is 39.0. The van der Waals surface area contributed by atoms with Crippen molar-refractivity contribution in [1.29, 1.82) is 0 Å². The van der Waals surface area contributed by atoms with Crippen molar-refractivity contribution in [2.45, 2.75) is 31.7 Å². The third-order valence-corrected chi connectivity index (χ3v) is 7.13. The Morgan fingerprint density at radius 1 is 1.15 bits per heavy atom. The molecule has 0 radical (unpaired) electrons. The van der Waals surface area contributed by atoms with Gasteiger partial charge in [0, 0.05) is 11.4 Å². The second kappa shape index (κ2) is 8.29. The van der Waals surface area contributed by atoms with Gasteiger partial charge in [-0.2, -0.15) is 4.31 Å². The van der Waals surface area contributed by atoms with Crippen LogP contribution in [0.4, 0.5) is 0 Å². The highest BCUT2D eigenvalue weighted by Crippen LogP contribution is 2.29. The Bertz CT molecular complexity index is 954. The van der Waals surface area contributed by atoms with Gasteiger partial charge in [-0.15, -0.1) is 11.3 Å². The van der Waals surface area contributed by atoms with Crippen LogP contribution < -0.4 is 4.74 Å². The van der Waals surface area contributed by atoms with E-state index in [4.69, 9.17) is 9.15 Å². The van der Waals surface area contributed by atoms with Crippen LogP contribution in [0.5, 0.6) is 5.75 Å². The van der Waals surface area contributed by atoms with E-state index in [1.54, 1.807) is 49.0 Å². The van der Waals surface area contributed by atoms with Crippen LogP contribution in [0.2, 0.25) is 0 Å². The van der Waals surface area contributed by atoms with Gasteiger partial charge in [0.15, 0.2) is 0 Å². The van der Waals surface area contributed by atoms with E-state index in [2.05, 4.69) is 0 Å². The van der Waals surface area contributed by atoms with Gasteiger partial charge in [-0.25, -0.2) is 8.42 Å². The summed E-state index contributed by atoms with van der Waals surface area (Å²) in [6.07, 6.45) is 2.22.